The lowest BCUT2D eigenvalue weighted by molar-refractivity contribution is -0.117. The largest absolute Gasteiger partial charge is 0.485 e. The summed E-state index contributed by atoms with van der Waals surface area (Å²) in [5.74, 6) is 2.77. The van der Waals surface area contributed by atoms with Crippen molar-refractivity contribution in [3.8, 4) is 28.5 Å². The van der Waals surface area contributed by atoms with Gasteiger partial charge in [0.15, 0.2) is 5.75 Å². The third kappa shape index (κ3) is 3.19. The van der Waals surface area contributed by atoms with E-state index in [9.17, 15) is 4.79 Å². The Labute approximate surface area is 185 Å². The molecule has 6 rings (SSSR count). The van der Waals surface area contributed by atoms with Gasteiger partial charge in [-0.25, -0.2) is 9.97 Å². The minimum Gasteiger partial charge on any atom is -0.485 e. The van der Waals surface area contributed by atoms with Crippen LogP contribution in [0.15, 0.2) is 42.7 Å². The number of carbonyl (C=O) groups is 1. The Hall–Kier alpha value is -3.81. The van der Waals surface area contributed by atoms with Crippen molar-refractivity contribution in [3.63, 3.8) is 0 Å². The van der Waals surface area contributed by atoms with Gasteiger partial charge in [-0.05, 0) is 31.5 Å². The maximum Gasteiger partial charge on any atom is 0.257 e. The van der Waals surface area contributed by atoms with Crippen LogP contribution in [0.3, 0.4) is 0 Å². The molecule has 0 saturated carbocycles. The molecule has 0 bridgehead atoms. The summed E-state index contributed by atoms with van der Waals surface area (Å²) in [6.07, 6.45) is 4.92. The van der Waals surface area contributed by atoms with E-state index in [2.05, 4.69) is 15.3 Å². The van der Waals surface area contributed by atoms with Crippen LogP contribution in [0.1, 0.15) is 31.4 Å². The minimum atomic E-state index is -0.149. The molecule has 2 aromatic heterocycles. The lowest BCUT2D eigenvalue weighted by Gasteiger charge is -2.28. The van der Waals surface area contributed by atoms with Crippen molar-refractivity contribution in [3.05, 3.63) is 48.3 Å². The van der Waals surface area contributed by atoms with Crippen LogP contribution in [0.25, 0.3) is 11.1 Å². The summed E-state index contributed by atoms with van der Waals surface area (Å²) < 4.78 is 17.3. The molecular weight excluding hydrogens is 408 g/mol. The predicted octanol–water partition coefficient (Wildman–Crippen LogP) is 4.24. The summed E-state index contributed by atoms with van der Waals surface area (Å²) in [6.45, 7) is 3.80. The lowest BCUT2D eigenvalue weighted by Crippen LogP contribution is -2.24. The average Bonchev–Trinajstić information content (AvgIpc) is 3.25. The van der Waals surface area contributed by atoms with Crippen molar-refractivity contribution < 1.29 is 19.0 Å². The molecule has 0 radical (unpaired) electrons. The first-order chi connectivity index (χ1) is 15.7. The molecule has 162 valence electrons. The predicted molar refractivity (Wildman–Crippen MR) is 119 cm³/mol. The van der Waals surface area contributed by atoms with E-state index < -0.39 is 0 Å². The zero-order chi connectivity index (χ0) is 21.7. The number of rotatable bonds is 3. The highest BCUT2D eigenvalue weighted by molar-refractivity contribution is 5.96. The first kappa shape index (κ1) is 18.9. The van der Waals surface area contributed by atoms with E-state index in [0.29, 0.717) is 37.1 Å². The Morgan fingerprint density at radius 3 is 2.81 bits per heavy atom. The molecule has 3 aliphatic heterocycles. The number of aromatic nitrogens is 2. The molecule has 1 unspecified atom stereocenters. The van der Waals surface area contributed by atoms with Gasteiger partial charge < -0.3 is 24.4 Å². The van der Waals surface area contributed by atoms with Gasteiger partial charge in [0.05, 0.1) is 11.9 Å². The maximum absolute atomic E-state index is 12.1. The first-order valence-electron chi connectivity index (χ1n) is 10.8. The molecule has 1 saturated heterocycles. The average molecular weight is 430 g/mol. The summed E-state index contributed by atoms with van der Waals surface area (Å²) in [5.41, 5.74) is 4.72. The molecule has 1 N–H and O–H groups in total. The number of nitrogens with one attached hydrogen (secondary N) is 1. The fraction of sp³-hybridized carbons (Fsp3) is 0.292. The summed E-state index contributed by atoms with van der Waals surface area (Å²) in [7, 11) is 0. The monoisotopic (exact) mass is 430 g/mol. The molecule has 1 atom stereocenters. The van der Waals surface area contributed by atoms with Crippen LogP contribution in [-0.4, -0.2) is 35.6 Å². The first-order valence-corrected chi connectivity index (χ1v) is 10.8. The fourth-order valence-electron chi connectivity index (χ4n) is 4.42. The number of anilines is 3. The second kappa shape index (κ2) is 7.40. The molecular formula is C24H22N4O4. The van der Waals surface area contributed by atoms with E-state index in [4.69, 9.17) is 14.2 Å². The van der Waals surface area contributed by atoms with Gasteiger partial charge >= 0.3 is 0 Å². The molecule has 1 fully saturated rings. The SMILES string of the molecule is CC1Oc2cc(N3CCCC3=O)ccc2-c2cnc(Nc3cnc4c(c3)OCCO4)cc21. The number of carbonyl (C=O) groups excluding carboxylic acids is 1. The molecule has 1 amide bonds. The second-order valence-electron chi connectivity index (χ2n) is 8.10. The minimum absolute atomic E-state index is 0.149. The third-order valence-corrected chi connectivity index (χ3v) is 5.99. The van der Waals surface area contributed by atoms with Gasteiger partial charge in [0, 0.05) is 53.7 Å². The Morgan fingerprint density at radius 2 is 1.94 bits per heavy atom. The summed E-state index contributed by atoms with van der Waals surface area (Å²) in [4.78, 5) is 22.9. The molecule has 8 nitrogen and oxygen atoms in total. The number of nitrogens with zero attached hydrogens (tertiary/aromatic N) is 3. The lowest BCUT2D eigenvalue weighted by atomic mass is 9.94. The Balaban J connectivity index is 1.30. The van der Waals surface area contributed by atoms with Crippen LogP contribution in [0.2, 0.25) is 0 Å². The molecule has 5 heterocycles. The molecule has 32 heavy (non-hydrogen) atoms. The number of hydrogen-bond donors (Lipinski definition) is 1. The van der Waals surface area contributed by atoms with Gasteiger partial charge in [-0.15, -0.1) is 0 Å². The number of amides is 1. The Bertz CT molecular complexity index is 1230. The molecule has 0 aliphatic carbocycles. The molecule has 3 aliphatic rings. The van der Waals surface area contributed by atoms with E-state index in [1.54, 1.807) is 6.20 Å². The highest BCUT2D eigenvalue weighted by Crippen LogP contribution is 2.44. The Kier molecular flexibility index (Phi) is 4.38. The number of fused-ring (bicyclic) bond motifs is 4. The summed E-state index contributed by atoms with van der Waals surface area (Å²) >= 11 is 0. The quantitative estimate of drug-likeness (QED) is 0.665. The zero-order valence-electron chi connectivity index (χ0n) is 17.6. The molecule has 8 heteroatoms. The van der Waals surface area contributed by atoms with E-state index in [-0.39, 0.29) is 12.0 Å². The van der Waals surface area contributed by atoms with Gasteiger partial charge in [0.25, 0.3) is 5.88 Å². The van der Waals surface area contributed by atoms with Gasteiger partial charge in [0.2, 0.25) is 5.91 Å². The van der Waals surface area contributed by atoms with Crippen LogP contribution in [0.4, 0.5) is 17.2 Å². The van der Waals surface area contributed by atoms with Crippen LogP contribution < -0.4 is 24.4 Å². The number of pyridine rings is 2. The van der Waals surface area contributed by atoms with Crippen molar-refractivity contribution in [1.82, 2.24) is 9.97 Å². The Morgan fingerprint density at radius 1 is 1.03 bits per heavy atom. The number of hydrogen-bond acceptors (Lipinski definition) is 7. The van der Waals surface area contributed by atoms with Gasteiger partial charge in [0.1, 0.15) is 30.9 Å². The molecule has 1 aromatic carbocycles. The van der Waals surface area contributed by atoms with E-state index in [1.807, 2.05) is 48.4 Å². The number of ether oxygens (including phenoxy) is 3. The second-order valence-corrected chi connectivity index (χ2v) is 8.10. The van der Waals surface area contributed by atoms with Crippen molar-refractivity contribution in [1.29, 1.82) is 0 Å². The van der Waals surface area contributed by atoms with Crippen molar-refractivity contribution in [2.45, 2.75) is 25.9 Å². The standard InChI is InChI=1S/C24H22N4O4/c1-14-18-11-22(27-15-9-21-24(26-12-15)31-8-7-30-21)25-13-19(18)17-5-4-16(10-20(17)32-14)28-6-2-3-23(28)29/h4-5,9-14H,2-3,6-8H2,1H3,(H,25,27). The van der Waals surface area contributed by atoms with Crippen molar-refractivity contribution >= 4 is 23.1 Å². The molecule has 3 aromatic rings. The van der Waals surface area contributed by atoms with Crippen molar-refractivity contribution in [2.24, 2.45) is 0 Å². The summed E-state index contributed by atoms with van der Waals surface area (Å²) in [6, 6.07) is 9.82. The summed E-state index contributed by atoms with van der Waals surface area (Å²) in [5, 5.41) is 3.29. The van der Waals surface area contributed by atoms with E-state index in [0.717, 1.165) is 46.8 Å². The van der Waals surface area contributed by atoms with Gasteiger partial charge in [-0.2, -0.15) is 0 Å². The van der Waals surface area contributed by atoms with Gasteiger partial charge in [-0.1, -0.05) is 0 Å². The van der Waals surface area contributed by atoms with Crippen LogP contribution >= 0.6 is 0 Å². The van der Waals surface area contributed by atoms with E-state index >= 15 is 0 Å². The smallest absolute Gasteiger partial charge is 0.257 e. The zero-order valence-corrected chi connectivity index (χ0v) is 17.6. The maximum atomic E-state index is 12.1. The fourth-order valence-corrected chi connectivity index (χ4v) is 4.42. The highest BCUT2D eigenvalue weighted by atomic mass is 16.6. The highest BCUT2D eigenvalue weighted by Gasteiger charge is 2.27. The number of benzene rings is 1. The molecule has 0 spiro atoms. The van der Waals surface area contributed by atoms with Crippen LogP contribution in [0, 0.1) is 0 Å². The topological polar surface area (TPSA) is 85.8 Å². The third-order valence-electron chi connectivity index (χ3n) is 5.99. The van der Waals surface area contributed by atoms with Crippen molar-refractivity contribution in [2.75, 3.05) is 30.0 Å². The normalized spacial score (nSPS) is 18.6. The van der Waals surface area contributed by atoms with Gasteiger partial charge in [-0.3, -0.25) is 4.79 Å². The van der Waals surface area contributed by atoms with Crippen LogP contribution in [-0.2, 0) is 4.79 Å². The van der Waals surface area contributed by atoms with Crippen LogP contribution in [0.5, 0.6) is 17.4 Å². The van der Waals surface area contributed by atoms with E-state index in [1.165, 1.54) is 0 Å².